The Hall–Kier alpha value is -0.350. The number of halogens is 1. The summed E-state index contributed by atoms with van der Waals surface area (Å²) in [6.07, 6.45) is 2.67. The van der Waals surface area contributed by atoms with Gasteiger partial charge in [-0.2, -0.15) is 0 Å². The lowest BCUT2D eigenvalue weighted by Gasteiger charge is -2.10. The first-order chi connectivity index (χ1) is 7.16. The van der Waals surface area contributed by atoms with Crippen LogP contribution in [0, 0.1) is 11.8 Å². The Morgan fingerprint density at radius 3 is 2.93 bits per heavy atom. The Balaban J connectivity index is 1.81. The lowest BCUT2D eigenvalue weighted by molar-refractivity contribution is 0.0951. The molecule has 4 heteroatoms. The molecule has 1 unspecified atom stereocenters. The van der Waals surface area contributed by atoms with Crippen LogP contribution in [0.15, 0.2) is 15.9 Å². The zero-order valence-corrected chi connectivity index (χ0v) is 11.0. The summed E-state index contributed by atoms with van der Waals surface area (Å²) in [7, 11) is 0. The summed E-state index contributed by atoms with van der Waals surface area (Å²) in [6.45, 7) is 3.02. The molecule has 0 radical (unpaired) electrons. The summed E-state index contributed by atoms with van der Waals surface area (Å²) in [5.41, 5.74) is 0. The van der Waals surface area contributed by atoms with Gasteiger partial charge in [-0.15, -0.1) is 11.3 Å². The summed E-state index contributed by atoms with van der Waals surface area (Å²) in [5, 5.41) is 2.98. The van der Waals surface area contributed by atoms with Crippen molar-refractivity contribution in [1.29, 1.82) is 0 Å². The SMILES string of the molecule is CC(CNC(=O)c1ccc(Br)s1)C1CC1. The monoisotopic (exact) mass is 287 g/mol. The van der Waals surface area contributed by atoms with Crippen molar-refractivity contribution in [3.8, 4) is 0 Å². The average molecular weight is 288 g/mol. The van der Waals surface area contributed by atoms with E-state index in [-0.39, 0.29) is 5.91 Å². The second-order valence-electron chi connectivity index (χ2n) is 4.13. The van der Waals surface area contributed by atoms with E-state index in [1.54, 1.807) is 0 Å². The number of carbonyl (C=O) groups excluding carboxylic acids is 1. The van der Waals surface area contributed by atoms with Gasteiger partial charge in [-0.3, -0.25) is 4.79 Å². The number of hydrogen-bond donors (Lipinski definition) is 1. The Morgan fingerprint density at radius 1 is 1.67 bits per heavy atom. The minimum Gasteiger partial charge on any atom is -0.351 e. The first-order valence-electron chi connectivity index (χ1n) is 5.20. The average Bonchev–Trinajstić information content (AvgIpc) is 2.97. The summed E-state index contributed by atoms with van der Waals surface area (Å²) < 4.78 is 1.00. The van der Waals surface area contributed by atoms with Gasteiger partial charge in [0.1, 0.15) is 0 Å². The quantitative estimate of drug-likeness (QED) is 0.905. The van der Waals surface area contributed by atoms with Gasteiger partial charge in [-0.25, -0.2) is 0 Å². The standard InChI is InChI=1S/C11H14BrNOS/c1-7(8-2-3-8)6-13-11(14)9-4-5-10(12)15-9/h4-5,7-8H,2-3,6H2,1H3,(H,13,14). The summed E-state index contributed by atoms with van der Waals surface area (Å²) >= 11 is 4.83. The third-order valence-electron chi connectivity index (χ3n) is 2.81. The molecule has 1 aromatic rings. The molecule has 1 atom stereocenters. The van der Waals surface area contributed by atoms with E-state index in [4.69, 9.17) is 0 Å². The number of hydrogen-bond acceptors (Lipinski definition) is 2. The Labute approximate surface area is 102 Å². The molecule has 0 saturated heterocycles. The molecule has 1 heterocycles. The van der Waals surface area contributed by atoms with Crippen LogP contribution in [-0.2, 0) is 0 Å². The van der Waals surface area contributed by atoms with Crippen LogP contribution in [0.25, 0.3) is 0 Å². The van der Waals surface area contributed by atoms with Gasteiger partial charge in [0.15, 0.2) is 0 Å². The van der Waals surface area contributed by atoms with E-state index in [2.05, 4.69) is 28.2 Å². The second kappa shape index (κ2) is 4.66. The normalized spacial score (nSPS) is 17.5. The predicted octanol–water partition coefficient (Wildman–Crippen LogP) is 3.29. The molecule has 1 aliphatic carbocycles. The molecule has 1 aromatic heterocycles. The van der Waals surface area contributed by atoms with Crippen LogP contribution in [0.5, 0.6) is 0 Å². The summed E-state index contributed by atoms with van der Waals surface area (Å²) in [6, 6.07) is 3.76. The Kier molecular flexibility index (Phi) is 3.46. The number of rotatable bonds is 4. The fraction of sp³-hybridized carbons (Fsp3) is 0.545. The number of carbonyl (C=O) groups is 1. The topological polar surface area (TPSA) is 29.1 Å². The molecule has 0 aromatic carbocycles. The Bertz CT molecular complexity index is 359. The van der Waals surface area contributed by atoms with E-state index in [9.17, 15) is 4.79 Å². The molecule has 2 rings (SSSR count). The molecular formula is C11H14BrNOS. The van der Waals surface area contributed by atoms with Gasteiger partial charge in [0.25, 0.3) is 5.91 Å². The highest BCUT2D eigenvalue weighted by Crippen LogP contribution is 2.36. The number of thiophene rings is 1. The summed E-state index contributed by atoms with van der Waals surface area (Å²) in [5.74, 6) is 1.52. The van der Waals surface area contributed by atoms with E-state index < -0.39 is 0 Å². The van der Waals surface area contributed by atoms with Crippen LogP contribution in [0.1, 0.15) is 29.4 Å². The number of amides is 1. The highest BCUT2D eigenvalue weighted by Gasteiger charge is 2.27. The molecule has 82 valence electrons. The van der Waals surface area contributed by atoms with Crippen molar-refractivity contribution in [3.05, 3.63) is 20.8 Å². The van der Waals surface area contributed by atoms with Gasteiger partial charge in [0.05, 0.1) is 8.66 Å². The van der Waals surface area contributed by atoms with Crippen molar-refractivity contribution in [2.75, 3.05) is 6.54 Å². The maximum atomic E-state index is 11.7. The first-order valence-corrected chi connectivity index (χ1v) is 6.81. The van der Waals surface area contributed by atoms with E-state index in [1.807, 2.05) is 12.1 Å². The van der Waals surface area contributed by atoms with Crippen molar-refractivity contribution >= 4 is 33.2 Å². The highest BCUT2D eigenvalue weighted by molar-refractivity contribution is 9.11. The van der Waals surface area contributed by atoms with Gasteiger partial charge in [0, 0.05) is 6.54 Å². The van der Waals surface area contributed by atoms with E-state index in [1.165, 1.54) is 24.2 Å². The second-order valence-corrected chi connectivity index (χ2v) is 6.59. The molecular weight excluding hydrogens is 274 g/mol. The molecule has 15 heavy (non-hydrogen) atoms. The molecule has 0 bridgehead atoms. The van der Waals surface area contributed by atoms with E-state index in [0.717, 1.165) is 21.1 Å². The summed E-state index contributed by atoms with van der Waals surface area (Å²) in [4.78, 5) is 12.5. The van der Waals surface area contributed by atoms with Crippen LogP contribution in [0.3, 0.4) is 0 Å². The Morgan fingerprint density at radius 2 is 2.40 bits per heavy atom. The lowest BCUT2D eigenvalue weighted by Crippen LogP contribution is -2.28. The molecule has 1 saturated carbocycles. The molecule has 1 amide bonds. The molecule has 0 spiro atoms. The van der Waals surface area contributed by atoms with Crippen LogP contribution in [0.4, 0.5) is 0 Å². The van der Waals surface area contributed by atoms with Gasteiger partial charge in [-0.05, 0) is 52.7 Å². The minimum atomic E-state index is 0.0539. The minimum absolute atomic E-state index is 0.0539. The lowest BCUT2D eigenvalue weighted by atomic mass is 10.1. The molecule has 0 aliphatic heterocycles. The molecule has 1 aliphatic rings. The first kappa shape index (κ1) is 11.1. The maximum absolute atomic E-state index is 11.7. The molecule has 1 fully saturated rings. The fourth-order valence-electron chi connectivity index (χ4n) is 1.61. The van der Waals surface area contributed by atoms with Gasteiger partial charge >= 0.3 is 0 Å². The van der Waals surface area contributed by atoms with Crippen LogP contribution < -0.4 is 5.32 Å². The van der Waals surface area contributed by atoms with Gasteiger partial charge < -0.3 is 5.32 Å². The van der Waals surface area contributed by atoms with E-state index in [0.29, 0.717) is 5.92 Å². The van der Waals surface area contributed by atoms with Gasteiger partial charge in [-0.1, -0.05) is 6.92 Å². The maximum Gasteiger partial charge on any atom is 0.261 e. The third kappa shape index (κ3) is 3.05. The van der Waals surface area contributed by atoms with Crippen molar-refractivity contribution in [1.82, 2.24) is 5.32 Å². The smallest absolute Gasteiger partial charge is 0.261 e. The zero-order valence-electron chi connectivity index (χ0n) is 8.63. The predicted molar refractivity (Wildman–Crippen MR) is 66.2 cm³/mol. The highest BCUT2D eigenvalue weighted by atomic mass is 79.9. The van der Waals surface area contributed by atoms with Gasteiger partial charge in [0.2, 0.25) is 0 Å². The van der Waals surface area contributed by atoms with Crippen LogP contribution >= 0.6 is 27.3 Å². The van der Waals surface area contributed by atoms with Crippen LogP contribution in [-0.4, -0.2) is 12.5 Å². The van der Waals surface area contributed by atoms with Crippen molar-refractivity contribution < 1.29 is 4.79 Å². The molecule has 2 nitrogen and oxygen atoms in total. The zero-order chi connectivity index (χ0) is 10.8. The fourth-order valence-corrected chi connectivity index (χ4v) is 2.91. The van der Waals surface area contributed by atoms with Crippen LogP contribution in [0.2, 0.25) is 0 Å². The largest absolute Gasteiger partial charge is 0.351 e. The molecule has 1 N–H and O–H groups in total. The number of nitrogens with one attached hydrogen (secondary N) is 1. The van der Waals surface area contributed by atoms with Crippen molar-refractivity contribution in [2.24, 2.45) is 11.8 Å². The third-order valence-corrected chi connectivity index (χ3v) is 4.43. The van der Waals surface area contributed by atoms with Crippen molar-refractivity contribution in [3.63, 3.8) is 0 Å². The van der Waals surface area contributed by atoms with E-state index >= 15 is 0 Å². The van der Waals surface area contributed by atoms with Crippen molar-refractivity contribution in [2.45, 2.75) is 19.8 Å².